The number of rotatable bonds is 4. The van der Waals surface area contributed by atoms with Gasteiger partial charge in [-0.2, -0.15) is 0 Å². The molecule has 6 heteroatoms. The highest BCUT2D eigenvalue weighted by Gasteiger charge is 2.42. The first-order chi connectivity index (χ1) is 11.5. The summed E-state index contributed by atoms with van der Waals surface area (Å²) < 4.78 is 33.9. The van der Waals surface area contributed by atoms with Crippen molar-refractivity contribution in [2.45, 2.75) is 49.5 Å². The summed E-state index contributed by atoms with van der Waals surface area (Å²) in [7, 11) is 0. The molecule has 2 fully saturated rings. The summed E-state index contributed by atoms with van der Waals surface area (Å²) in [5.41, 5.74) is 4.65. The van der Waals surface area contributed by atoms with E-state index in [4.69, 9.17) is 10.5 Å². The Bertz CT molecular complexity index is 589. The van der Waals surface area contributed by atoms with Gasteiger partial charge in [-0.1, -0.05) is 18.9 Å². The lowest BCUT2D eigenvalue weighted by Gasteiger charge is -2.35. The normalized spacial score (nSPS) is 22.3. The molecule has 1 aliphatic heterocycles. The molecule has 1 saturated heterocycles. The lowest BCUT2D eigenvalue weighted by molar-refractivity contribution is -0.130. The van der Waals surface area contributed by atoms with Crippen LogP contribution in [0.25, 0.3) is 0 Å². The molecule has 0 radical (unpaired) electrons. The second-order valence-corrected chi connectivity index (χ2v) is 7.04. The molecule has 1 aromatic carbocycles. The summed E-state index contributed by atoms with van der Waals surface area (Å²) in [6.07, 6.45) is 4.02. The Labute approximate surface area is 140 Å². The van der Waals surface area contributed by atoms with Crippen LogP contribution >= 0.6 is 0 Å². The van der Waals surface area contributed by atoms with Gasteiger partial charge >= 0.3 is 0 Å². The van der Waals surface area contributed by atoms with Gasteiger partial charge in [0.1, 0.15) is 11.6 Å². The van der Waals surface area contributed by atoms with Crippen LogP contribution in [0.5, 0.6) is 0 Å². The highest BCUT2D eigenvalue weighted by molar-refractivity contribution is 5.86. The van der Waals surface area contributed by atoms with E-state index in [2.05, 4.69) is 5.32 Å². The molecule has 1 amide bonds. The first kappa shape index (κ1) is 17.3. The van der Waals surface area contributed by atoms with E-state index in [1.807, 2.05) is 0 Å². The molecule has 1 aliphatic carbocycles. The van der Waals surface area contributed by atoms with Crippen LogP contribution in [0.3, 0.4) is 0 Å². The van der Waals surface area contributed by atoms with E-state index in [-0.39, 0.29) is 18.0 Å². The summed E-state index contributed by atoms with van der Waals surface area (Å²) in [6, 6.07) is 3.93. The van der Waals surface area contributed by atoms with Crippen molar-refractivity contribution >= 4 is 5.91 Å². The molecule has 24 heavy (non-hydrogen) atoms. The van der Waals surface area contributed by atoms with Gasteiger partial charge in [0.05, 0.1) is 5.54 Å². The number of nitrogens with one attached hydrogen (secondary N) is 1. The van der Waals surface area contributed by atoms with Gasteiger partial charge in [0.15, 0.2) is 0 Å². The van der Waals surface area contributed by atoms with Crippen molar-refractivity contribution in [1.82, 2.24) is 5.32 Å². The highest BCUT2D eigenvalue weighted by atomic mass is 19.1. The number of halogens is 2. The lowest BCUT2D eigenvalue weighted by atomic mass is 9.77. The standard InChI is InChI=1S/C18H24F2N2O2/c19-13-4-3-5-14(20)15(13)17(6-1-2-7-17)12-22-16(23)18(21)8-10-24-11-9-18/h3-5H,1-2,6-12,21H2,(H,22,23). The average molecular weight is 338 g/mol. The highest BCUT2D eigenvalue weighted by Crippen LogP contribution is 2.43. The minimum Gasteiger partial charge on any atom is -0.381 e. The van der Waals surface area contributed by atoms with Crippen LogP contribution < -0.4 is 11.1 Å². The van der Waals surface area contributed by atoms with Gasteiger partial charge in [-0.25, -0.2) is 8.78 Å². The third kappa shape index (κ3) is 3.17. The topological polar surface area (TPSA) is 64.4 Å². The summed E-state index contributed by atoms with van der Waals surface area (Å²) in [6.45, 7) is 1.12. The summed E-state index contributed by atoms with van der Waals surface area (Å²) in [4.78, 5) is 12.5. The molecule has 1 saturated carbocycles. The van der Waals surface area contributed by atoms with Crippen molar-refractivity contribution in [1.29, 1.82) is 0 Å². The molecule has 132 valence electrons. The second kappa shape index (κ2) is 6.76. The molecular weight excluding hydrogens is 314 g/mol. The SMILES string of the molecule is NC1(C(=O)NCC2(c3c(F)cccc3F)CCCC2)CCOCC1. The van der Waals surface area contributed by atoms with E-state index in [0.717, 1.165) is 12.8 Å². The molecule has 4 nitrogen and oxygen atoms in total. The van der Waals surface area contributed by atoms with Crippen LogP contribution in [0, 0.1) is 11.6 Å². The van der Waals surface area contributed by atoms with E-state index in [9.17, 15) is 13.6 Å². The fourth-order valence-corrected chi connectivity index (χ4v) is 3.96. The van der Waals surface area contributed by atoms with Gasteiger partial charge in [0.25, 0.3) is 0 Å². The quantitative estimate of drug-likeness (QED) is 0.886. The zero-order chi connectivity index (χ0) is 17.2. The molecule has 0 aromatic heterocycles. The number of hydrogen-bond acceptors (Lipinski definition) is 3. The molecule has 0 bridgehead atoms. The molecule has 1 heterocycles. The van der Waals surface area contributed by atoms with Gasteiger partial charge in [-0.3, -0.25) is 4.79 Å². The van der Waals surface area contributed by atoms with E-state index in [0.29, 0.717) is 38.9 Å². The van der Waals surface area contributed by atoms with Gasteiger partial charge in [0.2, 0.25) is 5.91 Å². The van der Waals surface area contributed by atoms with E-state index < -0.39 is 22.6 Å². The fraction of sp³-hybridized carbons (Fsp3) is 0.611. The summed E-state index contributed by atoms with van der Waals surface area (Å²) in [5, 5.41) is 2.88. The van der Waals surface area contributed by atoms with Crippen LogP contribution in [0.2, 0.25) is 0 Å². The number of ether oxygens (including phenoxy) is 1. The largest absolute Gasteiger partial charge is 0.381 e. The summed E-state index contributed by atoms with van der Waals surface area (Å²) >= 11 is 0. The maximum absolute atomic E-state index is 14.3. The van der Waals surface area contributed by atoms with Gasteiger partial charge in [0, 0.05) is 30.7 Å². The van der Waals surface area contributed by atoms with Crippen molar-refractivity contribution in [3.63, 3.8) is 0 Å². The van der Waals surface area contributed by atoms with Crippen LogP contribution in [0.4, 0.5) is 8.78 Å². The number of benzene rings is 1. The maximum Gasteiger partial charge on any atom is 0.240 e. The molecule has 0 spiro atoms. The van der Waals surface area contributed by atoms with Crippen LogP contribution in [-0.4, -0.2) is 31.2 Å². The molecule has 2 aliphatic rings. The van der Waals surface area contributed by atoms with E-state index in [1.54, 1.807) is 0 Å². The average Bonchev–Trinajstić information content (AvgIpc) is 3.03. The smallest absolute Gasteiger partial charge is 0.240 e. The van der Waals surface area contributed by atoms with Crippen LogP contribution in [-0.2, 0) is 14.9 Å². The van der Waals surface area contributed by atoms with Crippen molar-refractivity contribution < 1.29 is 18.3 Å². The molecule has 0 unspecified atom stereocenters. The first-order valence-corrected chi connectivity index (χ1v) is 8.56. The Morgan fingerprint density at radius 2 is 1.71 bits per heavy atom. The number of amides is 1. The van der Waals surface area contributed by atoms with Crippen molar-refractivity contribution in [2.24, 2.45) is 5.73 Å². The number of nitrogens with two attached hydrogens (primary N) is 1. The van der Waals surface area contributed by atoms with E-state index in [1.165, 1.54) is 18.2 Å². The molecular formula is C18H24F2N2O2. The number of carbonyl (C=O) groups excluding carboxylic acids is 1. The second-order valence-electron chi connectivity index (χ2n) is 7.04. The first-order valence-electron chi connectivity index (χ1n) is 8.56. The maximum atomic E-state index is 14.3. The summed E-state index contributed by atoms with van der Waals surface area (Å²) in [5.74, 6) is -1.34. The Balaban J connectivity index is 1.79. The number of carbonyl (C=O) groups is 1. The Morgan fingerprint density at radius 1 is 1.12 bits per heavy atom. The number of hydrogen-bond donors (Lipinski definition) is 2. The predicted molar refractivity (Wildman–Crippen MR) is 86.5 cm³/mol. The zero-order valence-electron chi connectivity index (χ0n) is 13.7. The monoisotopic (exact) mass is 338 g/mol. The van der Waals surface area contributed by atoms with Gasteiger partial charge < -0.3 is 15.8 Å². The fourth-order valence-electron chi connectivity index (χ4n) is 3.96. The minimum absolute atomic E-state index is 0.0980. The van der Waals surface area contributed by atoms with Crippen molar-refractivity contribution in [2.75, 3.05) is 19.8 Å². The minimum atomic E-state index is -0.953. The van der Waals surface area contributed by atoms with Crippen LogP contribution in [0.1, 0.15) is 44.1 Å². The predicted octanol–water partition coefficient (Wildman–Crippen LogP) is 2.40. The molecule has 3 N–H and O–H groups in total. The molecule has 3 rings (SSSR count). The van der Waals surface area contributed by atoms with Crippen molar-refractivity contribution in [3.05, 3.63) is 35.4 Å². The van der Waals surface area contributed by atoms with Gasteiger partial charge in [-0.15, -0.1) is 0 Å². The van der Waals surface area contributed by atoms with Gasteiger partial charge in [-0.05, 0) is 37.8 Å². The Kier molecular flexibility index (Phi) is 4.88. The Hall–Kier alpha value is -1.53. The van der Waals surface area contributed by atoms with E-state index >= 15 is 0 Å². The molecule has 0 atom stereocenters. The third-order valence-electron chi connectivity index (χ3n) is 5.48. The van der Waals surface area contributed by atoms with Crippen LogP contribution in [0.15, 0.2) is 18.2 Å². The Morgan fingerprint density at radius 3 is 2.29 bits per heavy atom. The molecule has 1 aromatic rings. The third-order valence-corrected chi connectivity index (χ3v) is 5.48. The zero-order valence-corrected chi connectivity index (χ0v) is 13.7. The van der Waals surface area contributed by atoms with Crippen molar-refractivity contribution in [3.8, 4) is 0 Å². The lowest BCUT2D eigenvalue weighted by Crippen LogP contribution is -2.58.